The molecule has 5 nitrogen and oxygen atoms in total. The number of thiazole rings is 1. The Hall–Kier alpha value is -1.14. The molecule has 84 valence electrons. The van der Waals surface area contributed by atoms with Gasteiger partial charge in [0.25, 0.3) is 0 Å². The lowest BCUT2D eigenvalue weighted by atomic mass is 10.2. The molecule has 1 aromatic rings. The molecule has 1 rings (SSSR count). The molecule has 0 saturated heterocycles. The standard InChI is InChI=1S/C9H17N5S/c1-7(2)5-12-9(14-10)13-6-8-11-3-4-15-8/h3-4,7H,5-6,10H2,1-2H3,(H2,12,13,14). The van der Waals surface area contributed by atoms with E-state index in [2.05, 4.69) is 34.6 Å². The molecule has 0 fully saturated rings. The summed E-state index contributed by atoms with van der Waals surface area (Å²) >= 11 is 1.59. The van der Waals surface area contributed by atoms with Gasteiger partial charge >= 0.3 is 0 Å². The van der Waals surface area contributed by atoms with E-state index >= 15 is 0 Å². The predicted octanol–water partition coefficient (Wildman–Crippen LogP) is 0.708. The van der Waals surface area contributed by atoms with Crippen LogP contribution in [0, 0.1) is 5.92 Å². The molecule has 6 heteroatoms. The molecule has 0 aliphatic rings. The Morgan fingerprint density at radius 1 is 1.67 bits per heavy atom. The fraction of sp³-hybridized carbons (Fsp3) is 0.556. The van der Waals surface area contributed by atoms with Gasteiger partial charge in [0.1, 0.15) is 5.01 Å². The molecule has 0 spiro atoms. The zero-order valence-corrected chi connectivity index (χ0v) is 9.84. The Bertz CT molecular complexity index is 293. The van der Waals surface area contributed by atoms with E-state index < -0.39 is 0 Å². The average molecular weight is 227 g/mol. The molecule has 1 heterocycles. The van der Waals surface area contributed by atoms with E-state index in [1.165, 1.54) is 0 Å². The van der Waals surface area contributed by atoms with Gasteiger partial charge in [0.15, 0.2) is 0 Å². The van der Waals surface area contributed by atoms with Crippen molar-refractivity contribution in [1.82, 2.24) is 15.7 Å². The maximum atomic E-state index is 5.34. The van der Waals surface area contributed by atoms with Crippen LogP contribution >= 0.6 is 11.3 Å². The van der Waals surface area contributed by atoms with E-state index in [1.807, 2.05) is 5.38 Å². The van der Waals surface area contributed by atoms with Crippen LogP contribution in [0.5, 0.6) is 0 Å². The summed E-state index contributed by atoms with van der Waals surface area (Å²) in [6, 6.07) is 0. The fourth-order valence-electron chi connectivity index (χ4n) is 0.931. The highest BCUT2D eigenvalue weighted by Gasteiger charge is 1.98. The molecule has 0 atom stereocenters. The SMILES string of the molecule is CC(C)CNC(=NCc1nccs1)NN. The number of rotatable bonds is 4. The maximum absolute atomic E-state index is 5.34. The van der Waals surface area contributed by atoms with Gasteiger partial charge in [-0.3, -0.25) is 5.43 Å². The highest BCUT2D eigenvalue weighted by atomic mass is 32.1. The Labute approximate surface area is 93.8 Å². The quantitative estimate of drug-likeness (QED) is 0.306. The minimum atomic E-state index is 0.558. The number of nitrogens with zero attached hydrogens (tertiary/aromatic N) is 2. The van der Waals surface area contributed by atoms with Gasteiger partial charge in [-0.05, 0) is 5.92 Å². The molecular weight excluding hydrogens is 210 g/mol. The van der Waals surface area contributed by atoms with Gasteiger partial charge in [0.05, 0.1) is 6.54 Å². The van der Waals surface area contributed by atoms with Crippen molar-refractivity contribution in [2.45, 2.75) is 20.4 Å². The number of nitrogens with one attached hydrogen (secondary N) is 2. The van der Waals surface area contributed by atoms with Gasteiger partial charge in [-0.2, -0.15) is 0 Å². The number of hydrogen-bond donors (Lipinski definition) is 3. The van der Waals surface area contributed by atoms with Crippen LogP contribution in [0.25, 0.3) is 0 Å². The molecule has 4 N–H and O–H groups in total. The van der Waals surface area contributed by atoms with Crippen LogP contribution in [0.4, 0.5) is 0 Å². The molecule has 0 unspecified atom stereocenters. The van der Waals surface area contributed by atoms with Gasteiger partial charge in [-0.25, -0.2) is 15.8 Å². The first-order valence-corrected chi connectivity index (χ1v) is 5.73. The van der Waals surface area contributed by atoms with E-state index in [9.17, 15) is 0 Å². The molecule has 0 amide bonds. The summed E-state index contributed by atoms with van der Waals surface area (Å²) in [7, 11) is 0. The molecule has 0 radical (unpaired) electrons. The number of guanidine groups is 1. The monoisotopic (exact) mass is 227 g/mol. The summed E-state index contributed by atoms with van der Waals surface area (Å²) in [4.78, 5) is 8.41. The van der Waals surface area contributed by atoms with Gasteiger partial charge in [-0.15, -0.1) is 11.3 Å². The van der Waals surface area contributed by atoms with Crippen molar-refractivity contribution in [3.8, 4) is 0 Å². The predicted molar refractivity (Wildman–Crippen MR) is 63.4 cm³/mol. The highest BCUT2D eigenvalue weighted by Crippen LogP contribution is 2.04. The van der Waals surface area contributed by atoms with Crippen LogP contribution in [0.1, 0.15) is 18.9 Å². The van der Waals surface area contributed by atoms with Crippen molar-refractivity contribution in [3.05, 3.63) is 16.6 Å². The van der Waals surface area contributed by atoms with Gasteiger partial charge < -0.3 is 5.32 Å². The number of aromatic nitrogens is 1. The third-order valence-corrected chi connectivity index (χ3v) is 2.43. The van der Waals surface area contributed by atoms with E-state index in [1.54, 1.807) is 17.5 Å². The Kier molecular flexibility index (Phi) is 5.06. The third kappa shape index (κ3) is 4.75. The molecular formula is C9H17N5S. The van der Waals surface area contributed by atoms with Crippen molar-refractivity contribution in [2.75, 3.05) is 6.54 Å². The summed E-state index contributed by atoms with van der Waals surface area (Å²) < 4.78 is 0. The van der Waals surface area contributed by atoms with Crippen LogP contribution < -0.4 is 16.6 Å². The number of aliphatic imine (C=N–C) groups is 1. The second kappa shape index (κ2) is 6.36. The lowest BCUT2D eigenvalue weighted by molar-refractivity contribution is 0.615. The summed E-state index contributed by atoms with van der Waals surface area (Å²) in [6.45, 7) is 5.66. The Morgan fingerprint density at radius 3 is 3.00 bits per heavy atom. The van der Waals surface area contributed by atoms with Crippen molar-refractivity contribution in [1.29, 1.82) is 0 Å². The van der Waals surface area contributed by atoms with E-state index in [0.717, 1.165) is 11.6 Å². The van der Waals surface area contributed by atoms with Gasteiger partial charge in [0, 0.05) is 18.1 Å². The highest BCUT2D eigenvalue weighted by molar-refractivity contribution is 7.09. The van der Waals surface area contributed by atoms with E-state index in [4.69, 9.17) is 5.84 Å². The summed E-state index contributed by atoms with van der Waals surface area (Å²) in [6.07, 6.45) is 1.77. The normalized spacial score (nSPS) is 11.9. The van der Waals surface area contributed by atoms with Crippen molar-refractivity contribution in [3.63, 3.8) is 0 Å². The Morgan fingerprint density at radius 2 is 2.47 bits per heavy atom. The fourth-order valence-corrected chi connectivity index (χ4v) is 1.47. The molecule has 0 aliphatic carbocycles. The molecule has 0 bridgehead atoms. The van der Waals surface area contributed by atoms with Crippen molar-refractivity contribution in [2.24, 2.45) is 16.8 Å². The minimum Gasteiger partial charge on any atom is -0.355 e. The molecule has 1 aromatic heterocycles. The van der Waals surface area contributed by atoms with Crippen LogP contribution in [0.15, 0.2) is 16.6 Å². The Balaban J connectivity index is 2.40. The van der Waals surface area contributed by atoms with Crippen LogP contribution in [-0.2, 0) is 6.54 Å². The lowest BCUT2D eigenvalue weighted by Gasteiger charge is -2.10. The summed E-state index contributed by atoms with van der Waals surface area (Å²) in [5, 5.41) is 6.04. The third-order valence-electron chi connectivity index (χ3n) is 1.67. The topological polar surface area (TPSA) is 75.3 Å². The van der Waals surface area contributed by atoms with Gasteiger partial charge in [0.2, 0.25) is 5.96 Å². The lowest BCUT2D eigenvalue weighted by Crippen LogP contribution is -2.42. The molecule has 0 saturated carbocycles. The molecule has 0 aromatic carbocycles. The van der Waals surface area contributed by atoms with E-state index in [-0.39, 0.29) is 0 Å². The van der Waals surface area contributed by atoms with Gasteiger partial charge in [-0.1, -0.05) is 13.8 Å². The molecule has 15 heavy (non-hydrogen) atoms. The van der Waals surface area contributed by atoms with Crippen LogP contribution in [-0.4, -0.2) is 17.5 Å². The largest absolute Gasteiger partial charge is 0.355 e. The second-order valence-corrected chi connectivity index (χ2v) is 4.49. The van der Waals surface area contributed by atoms with Crippen molar-refractivity contribution < 1.29 is 0 Å². The van der Waals surface area contributed by atoms with Crippen LogP contribution in [0.2, 0.25) is 0 Å². The average Bonchev–Trinajstić information content (AvgIpc) is 2.70. The minimum absolute atomic E-state index is 0.558. The molecule has 0 aliphatic heterocycles. The summed E-state index contributed by atoms with van der Waals surface area (Å²) in [5.41, 5.74) is 2.54. The zero-order valence-electron chi connectivity index (χ0n) is 9.03. The number of hydrogen-bond acceptors (Lipinski definition) is 4. The van der Waals surface area contributed by atoms with E-state index in [0.29, 0.717) is 18.4 Å². The smallest absolute Gasteiger partial charge is 0.206 e. The maximum Gasteiger partial charge on any atom is 0.206 e. The first-order chi connectivity index (χ1) is 7.22. The van der Waals surface area contributed by atoms with Crippen LogP contribution in [0.3, 0.4) is 0 Å². The van der Waals surface area contributed by atoms with Crippen molar-refractivity contribution >= 4 is 17.3 Å². The number of nitrogens with two attached hydrogens (primary N) is 1. The zero-order chi connectivity index (χ0) is 11.1. The first kappa shape index (κ1) is 11.9. The second-order valence-electron chi connectivity index (χ2n) is 3.51. The first-order valence-electron chi connectivity index (χ1n) is 4.85. The summed E-state index contributed by atoms with van der Waals surface area (Å²) in [5.74, 6) is 6.51. The number of hydrazine groups is 1.